The van der Waals surface area contributed by atoms with Crippen molar-refractivity contribution in [1.82, 2.24) is 20.5 Å². The van der Waals surface area contributed by atoms with Gasteiger partial charge in [-0.1, -0.05) is 42.6 Å². The van der Waals surface area contributed by atoms with Crippen LogP contribution in [-0.4, -0.2) is 78.8 Å². The second kappa shape index (κ2) is 14.3. The highest BCUT2D eigenvalue weighted by Gasteiger charge is 2.38. The van der Waals surface area contributed by atoms with Gasteiger partial charge in [-0.3, -0.25) is 4.79 Å². The molecule has 9 nitrogen and oxygen atoms in total. The number of nitrogens with zero attached hydrogens (tertiary/aromatic N) is 2. The van der Waals surface area contributed by atoms with Crippen LogP contribution in [0.25, 0.3) is 10.9 Å². The van der Waals surface area contributed by atoms with Crippen LogP contribution in [0.4, 0.5) is 23.7 Å². The summed E-state index contributed by atoms with van der Waals surface area (Å²) in [5, 5.41) is 14.3. The number of halogens is 4. The Labute approximate surface area is 252 Å². The topological polar surface area (TPSA) is 118 Å². The standard InChI is InChI=1S/C28H32ClN5O2.C2HF3O2/c1-5-12-30-28(36)32-26(18(2)23-15-31-24-9-7-6-8-22(23)24)27(35)34-17-19(16-33(3)4)13-20-14-21(29)10-11-25(20)34;3-2(4,5)1(6)7/h1,6-11,14-15,18-19,26,31H,12-13,16-17H2,2-4H3,(H2,30,32,36);(H,6,7)/t18?,19-,26?;/m1./s1. The fraction of sp³-hybridized carbons (Fsp3) is 0.367. The fourth-order valence-electron chi connectivity index (χ4n) is 5.10. The second-order valence-electron chi connectivity index (χ2n) is 10.4. The molecule has 2 unspecified atom stereocenters. The van der Waals surface area contributed by atoms with E-state index in [9.17, 15) is 22.8 Å². The molecule has 3 amide bonds. The average molecular weight is 620 g/mol. The highest BCUT2D eigenvalue weighted by atomic mass is 35.5. The minimum atomic E-state index is -5.08. The minimum Gasteiger partial charge on any atom is -0.475 e. The van der Waals surface area contributed by atoms with Crippen molar-refractivity contribution in [2.24, 2.45) is 5.92 Å². The number of aromatic nitrogens is 1. The lowest BCUT2D eigenvalue weighted by atomic mass is 9.88. The third-order valence-corrected chi connectivity index (χ3v) is 7.16. The number of para-hydroxylation sites is 1. The predicted molar refractivity (Wildman–Crippen MR) is 159 cm³/mol. The Kier molecular flexibility index (Phi) is 11.1. The molecule has 4 rings (SSSR count). The van der Waals surface area contributed by atoms with Gasteiger partial charge in [-0.15, -0.1) is 6.42 Å². The van der Waals surface area contributed by atoms with Gasteiger partial charge in [-0.05, 0) is 61.8 Å². The fourth-order valence-corrected chi connectivity index (χ4v) is 5.30. The van der Waals surface area contributed by atoms with Gasteiger partial charge in [0.25, 0.3) is 0 Å². The predicted octanol–water partition coefficient (Wildman–Crippen LogP) is 4.63. The van der Waals surface area contributed by atoms with Crippen molar-refractivity contribution in [2.75, 3.05) is 38.6 Å². The van der Waals surface area contributed by atoms with Crippen LogP contribution in [0.15, 0.2) is 48.7 Å². The van der Waals surface area contributed by atoms with Crippen molar-refractivity contribution in [3.05, 3.63) is 64.8 Å². The van der Waals surface area contributed by atoms with Crippen molar-refractivity contribution in [3.63, 3.8) is 0 Å². The number of aromatic amines is 1. The van der Waals surface area contributed by atoms with Crippen LogP contribution in [-0.2, 0) is 16.0 Å². The van der Waals surface area contributed by atoms with Crippen LogP contribution < -0.4 is 15.5 Å². The summed E-state index contributed by atoms with van der Waals surface area (Å²) in [6.45, 7) is 3.42. The van der Waals surface area contributed by atoms with Gasteiger partial charge in [0.05, 0.1) is 6.54 Å². The molecular weight excluding hydrogens is 587 g/mol. The van der Waals surface area contributed by atoms with Gasteiger partial charge in [-0.25, -0.2) is 9.59 Å². The Hall–Kier alpha value is -4.21. The molecule has 0 saturated carbocycles. The van der Waals surface area contributed by atoms with E-state index in [2.05, 4.69) is 26.4 Å². The molecule has 1 aliphatic rings. The number of fused-ring (bicyclic) bond motifs is 2. The van der Waals surface area contributed by atoms with Gasteiger partial charge in [0.2, 0.25) is 5.91 Å². The average Bonchev–Trinajstić information content (AvgIpc) is 3.37. The summed E-state index contributed by atoms with van der Waals surface area (Å²) in [5.74, 6) is -0.609. The van der Waals surface area contributed by atoms with Crippen LogP contribution in [0.5, 0.6) is 0 Å². The van der Waals surface area contributed by atoms with E-state index in [-0.39, 0.29) is 24.3 Å². The number of carboxylic acids is 1. The molecule has 3 atom stereocenters. The number of alkyl halides is 3. The van der Waals surface area contributed by atoms with E-state index >= 15 is 0 Å². The van der Waals surface area contributed by atoms with Crippen LogP contribution >= 0.6 is 11.6 Å². The second-order valence-corrected chi connectivity index (χ2v) is 10.9. The van der Waals surface area contributed by atoms with Crippen LogP contribution in [0.3, 0.4) is 0 Å². The normalized spacial score (nSPS) is 15.9. The molecule has 13 heteroatoms. The van der Waals surface area contributed by atoms with Crippen LogP contribution in [0, 0.1) is 18.3 Å². The number of carbonyl (C=O) groups is 3. The largest absolute Gasteiger partial charge is 0.490 e. The zero-order valence-corrected chi connectivity index (χ0v) is 24.6. The highest BCUT2D eigenvalue weighted by Crippen LogP contribution is 2.35. The van der Waals surface area contributed by atoms with E-state index in [1.54, 1.807) is 11.0 Å². The van der Waals surface area contributed by atoms with Crippen molar-refractivity contribution in [1.29, 1.82) is 0 Å². The first-order valence-corrected chi connectivity index (χ1v) is 13.7. The third kappa shape index (κ3) is 8.65. The Balaban J connectivity index is 0.000000646. The number of H-pyrrole nitrogens is 1. The van der Waals surface area contributed by atoms with E-state index < -0.39 is 24.2 Å². The van der Waals surface area contributed by atoms with E-state index in [4.69, 9.17) is 27.9 Å². The first kappa shape index (κ1) is 33.3. The van der Waals surface area contributed by atoms with Gasteiger partial charge in [0.1, 0.15) is 6.04 Å². The first-order valence-electron chi connectivity index (χ1n) is 13.3. The molecule has 4 N–H and O–H groups in total. The van der Waals surface area contributed by atoms with Crippen molar-refractivity contribution < 1.29 is 32.7 Å². The summed E-state index contributed by atoms with van der Waals surface area (Å²) in [7, 11) is 4.05. The van der Waals surface area contributed by atoms with Crippen molar-refractivity contribution in [3.8, 4) is 12.3 Å². The van der Waals surface area contributed by atoms with Crippen molar-refractivity contribution in [2.45, 2.75) is 31.5 Å². The number of rotatable bonds is 7. The van der Waals surface area contributed by atoms with Gasteiger partial charge in [0, 0.05) is 46.8 Å². The number of amides is 3. The summed E-state index contributed by atoms with van der Waals surface area (Å²) in [6, 6.07) is 12.3. The molecule has 3 aromatic rings. The molecule has 1 aliphatic heterocycles. The number of benzene rings is 2. The maximum Gasteiger partial charge on any atom is 0.490 e. The highest BCUT2D eigenvalue weighted by molar-refractivity contribution is 6.30. The SMILES string of the molecule is C#CCNC(=O)NC(C(=O)N1C[C@@H](CN(C)C)Cc2cc(Cl)ccc21)C(C)c1c[nH]c2ccccc12.O=C(O)C(F)(F)F. The molecule has 43 heavy (non-hydrogen) atoms. The maximum absolute atomic E-state index is 14.2. The van der Waals surface area contributed by atoms with E-state index in [0.29, 0.717) is 11.6 Å². The van der Waals surface area contributed by atoms with Gasteiger partial charge < -0.3 is 30.5 Å². The van der Waals surface area contributed by atoms with Crippen molar-refractivity contribution >= 4 is 46.1 Å². The molecule has 230 valence electrons. The van der Waals surface area contributed by atoms with Gasteiger partial charge >= 0.3 is 18.2 Å². The number of terminal acetylenes is 1. The summed E-state index contributed by atoms with van der Waals surface area (Å²) < 4.78 is 31.7. The molecular formula is C30H33ClF3N5O4. The molecule has 2 aromatic carbocycles. The zero-order chi connectivity index (χ0) is 31.9. The number of hydrogen-bond acceptors (Lipinski definition) is 4. The summed E-state index contributed by atoms with van der Waals surface area (Å²) in [6.07, 6.45) is 2.98. The molecule has 0 bridgehead atoms. The number of hydrogen-bond donors (Lipinski definition) is 4. The number of aliphatic carboxylic acids is 1. The summed E-state index contributed by atoms with van der Waals surface area (Å²) >= 11 is 6.31. The molecule has 0 fully saturated rings. The molecule has 0 aliphatic carbocycles. The van der Waals surface area contributed by atoms with Gasteiger partial charge in [-0.2, -0.15) is 13.2 Å². The molecule has 0 radical (unpaired) electrons. The lowest BCUT2D eigenvalue weighted by molar-refractivity contribution is -0.192. The van der Waals surface area contributed by atoms with E-state index in [1.165, 1.54) is 0 Å². The molecule has 0 saturated heterocycles. The minimum absolute atomic E-state index is 0.0736. The maximum atomic E-state index is 14.2. The lowest BCUT2D eigenvalue weighted by Gasteiger charge is -2.38. The lowest BCUT2D eigenvalue weighted by Crippen LogP contribution is -2.55. The van der Waals surface area contributed by atoms with Crippen LogP contribution in [0.2, 0.25) is 5.02 Å². The Bertz CT molecular complexity index is 1500. The summed E-state index contributed by atoms with van der Waals surface area (Å²) in [4.78, 5) is 43.1. The summed E-state index contributed by atoms with van der Waals surface area (Å²) in [5.41, 5.74) is 3.80. The number of anilines is 1. The molecule has 2 heterocycles. The zero-order valence-electron chi connectivity index (χ0n) is 23.8. The Morgan fingerprint density at radius 2 is 1.91 bits per heavy atom. The molecule has 1 aromatic heterocycles. The Morgan fingerprint density at radius 1 is 1.23 bits per heavy atom. The third-order valence-electron chi connectivity index (χ3n) is 6.93. The molecule has 0 spiro atoms. The monoisotopic (exact) mass is 619 g/mol. The number of carbonyl (C=O) groups excluding carboxylic acids is 2. The quantitative estimate of drug-likeness (QED) is 0.288. The number of nitrogens with one attached hydrogen (secondary N) is 3. The number of carboxylic acid groups (broad SMARTS) is 1. The smallest absolute Gasteiger partial charge is 0.475 e. The first-order chi connectivity index (χ1) is 20.2. The van der Waals surface area contributed by atoms with E-state index in [0.717, 1.165) is 40.7 Å². The van der Waals surface area contributed by atoms with E-state index in [1.807, 2.05) is 63.6 Å². The Morgan fingerprint density at radius 3 is 2.53 bits per heavy atom. The van der Waals surface area contributed by atoms with Gasteiger partial charge in [0.15, 0.2) is 0 Å². The van der Waals surface area contributed by atoms with Crippen LogP contribution in [0.1, 0.15) is 24.0 Å². The number of urea groups is 1.